The predicted octanol–water partition coefficient (Wildman–Crippen LogP) is 4.48. The molecule has 1 fully saturated rings. The number of benzene rings is 2. The number of hydrogen-bond acceptors (Lipinski definition) is 5. The molecule has 3 aromatic rings. The molecule has 0 aliphatic carbocycles. The molecular weight excluding hydrogens is 434 g/mol. The topological polar surface area (TPSA) is 55.8 Å². The normalized spacial score (nSPS) is 15.0. The highest BCUT2D eigenvalue weighted by Crippen LogP contribution is 2.29. The summed E-state index contributed by atoms with van der Waals surface area (Å²) in [6, 6.07) is 27.7. The molecule has 0 amide bonds. The molecule has 0 spiro atoms. The Morgan fingerprint density at radius 3 is 1.97 bits per heavy atom. The zero-order valence-corrected chi connectivity index (χ0v) is 20.9. The van der Waals surface area contributed by atoms with Crippen LogP contribution in [0.1, 0.15) is 48.1 Å². The van der Waals surface area contributed by atoms with Crippen molar-refractivity contribution < 1.29 is 5.11 Å². The van der Waals surface area contributed by atoms with Crippen molar-refractivity contribution in [1.29, 1.82) is 0 Å². The number of piperazine rings is 1. The number of aliphatic hydroxyl groups excluding tert-OH is 1. The Hall–Kier alpha value is -2.99. The summed E-state index contributed by atoms with van der Waals surface area (Å²) in [5.41, 5.74) is 5.14. The van der Waals surface area contributed by atoms with E-state index in [1.54, 1.807) is 0 Å². The molecule has 0 atom stereocenters. The van der Waals surface area contributed by atoms with Crippen molar-refractivity contribution in [2.75, 3.05) is 44.6 Å². The molecule has 5 heteroatoms. The Kier molecular flexibility index (Phi) is 8.69. The quantitative estimate of drug-likeness (QED) is 0.482. The molecule has 3 aromatic carbocycles. The lowest BCUT2D eigenvalue weighted by molar-refractivity contribution is 0.104. The van der Waals surface area contributed by atoms with Crippen LogP contribution in [0.15, 0.2) is 83.7 Å². The van der Waals surface area contributed by atoms with E-state index in [0.29, 0.717) is 24.7 Å². The summed E-state index contributed by atoms with van der Waals surface area (Å²) >= 11 is 0. The lowest BCUT2D eigenvalue weighted by atomic mass is 9.96. The molecule has 1 heterocycles. The van der Waals surface area contributed by atoms with Crippen LogP contribution < -0.4 is 10.7 Å². The zero-order valence-electron chi connectivity index (χ0n) is 20.9. The van der Waals surface area contributed by atoms with Crippen LogP contribution in [-0.4, -0.2) is 54.2 Å². The van der Waals surface area contributed by atoms with Crippen LogP contribution in [0.2, 0.25) is 0 Å². The lowest BCUT2D eigenvalue weighted by Gasteiger charge is -2.39. The fraction of sp³-hybridized carbons (Fsp3) is 0.367. The highest BCUT2D eigenvalue weighted by Gasteiger charge is 2.26. The fourth-order valence-corrected chi connectivity index (χ4v) is 4.84. The smallest absolute Gasteiger partial charge is 0.206 e. The minimum Gasteiger partial charge on any atom is -0.395 e. The monoisotopic (exact) mass is 471 g/mol. The summed E-state index contributed by atoms with van der Waals surface area (Å²) < 4.78 is 0. The summed E-state index contributed by atoms with van der Waals surface area (Å²) in [7, 11) is 0. The number of nitrogens with one attached hydrogen (secondary N) is 1. The van der Waals surface area contributed by atoms with Gasteiger partial charge >= 0.3 is 0 Å². The highest BCUT2D eigenvalue weighted by molar-refractivity contribution is 5.48. The van der Waals surface area contributed by atoms with E-state index in [9.17, 15) is 9.90 Å². The third-order valence-corrected chi connectivity index (χ3v) is 6.81. The van der Waals surface area contributed by atoms with E-state index in [1.807, 2.05) is 12.1 Å². The van der Waals surface area contributed by atoms with Gasteiger partial charge in [-0.2, -0.15) is 0 Å². The average Bonchev–Trinajstić information content (AvgIpc) is 3.04. The molecule has 184 valence electrons. The minimum absolute atomic E-state index is 0.00362. The molecule has 4 rings (SSSR count). The first-order valence-electron chi connectivity index (χ1n) is 12.6. The number of hydrogen-bond donors (Lipinski definition) is 2. The van der Waals surface area contributed by atoms with E-state index in [4.69, 9.17) is 0 Å². The Balaban J connectivity index is 1.51. The Morgan fingerprint density at radius 2 is 1.43 bits per heavy atom. The molecule has 2 N–H and O–H groups in total. The Morgan fingerprint density at radius 1 is 0.829 bits per heavy atom. The van der Waals surface area contributed by atoms with Gasteiger partial charge in [0.05, 0.1) is 18.3 Å². The van der Waals surface area contributed by atoms with Gasteiger partial charge in [0.15, 0.2) is 0 Å². The third-order valence-electron chi connectivity index (χ3n) is 6.81. The molecule has 0 radical (unpaired) electrons. The molecule has 1 saturated heterocycles. The van der Waals surface area contributed by atoms with Crippen LogP contribution in [0.25, 0.3) is 0 Å². The number of aliphatic hydroxyl groups is 1. The van der Waals surface area contributed by atoms with Gasteiger partial charge in [-0.3, -0.25) is 14.6 Å². The van der Waals surface area contributed by atoms with Crippen molar-refractivity contribution in [2.45, 2.75) is 32.4 Å². The number of nitrogens with zero attached hydrogens (tertiary/aromatic N) is 2. The minimum atomic E-state index is -0.00362. The van der Waals surface area contributed by atoms with Gasteiger partial charge in [-0.1, -0.05) is 86.6 Å². The van der Waals surface area contributed by atoms with E-state index < -0.39 is 0 Å². The summed E-state index contributed by atoms with van der Waals surface area (Å²) in [6.07, 6.45) is 0. The van der Waals surface area contributed by atoms with Gasteiger partial charge < -0.3 is 10.4 Å². The second-order valence-corrected chi connectivity index (χ2v) is 9.59. The maximum absolute atomic E-state index is 13.3. The summed E-state index contributed by atoms with van der Waals surface area (Å²) in [6.45, 7) is 8.95. The SMILES string of the molecule is CC(C)c1ccc(CN2CCN(C(c3ccccc3)c3ccccc3)CC2)c(=O)c(NCCO)c1. The summed E-state index contributed by atoms with van der Waals surface area (Å²) in [5.74, 6) is 0.320. The summed E-state index contributed by atoms with van der Waals surface area (Å²) in [4.78, 5) is 18.2. The van der Waals surface area contributed by atoms with Crippen molar-refractivity contribution in [3.8, 4) is 0 Å². The predicted molar refractivity (Wildman–Crippen MR) is 144 cm³/mol. The zero-order chi connectivity index (χ0) is 24.6. The van der Waals surface area contributed by atoms with E-state index in [-0.39, 0.29) is 18.1 Å². The molecule has 35 heavy (non-hydrogen) atoms. The van der Waals surface area contributed by atoms with Gasteiger partial charge in [-0.05, 0) is 28.7 Å². The van der Waals surface area contributed by atoms with Crippen LogP contribution in [-0.2, 0) is 6.54 Å². The van der Waals surface area contributed by atoms with Gasteiger partial charge in [-0.15, -0.1) is 0 Å². The van der Waals surface area contributed by atoms with E-state index in [2.05, 4.69) is 95.7 Å². The Labute approximate surface area is 209 Å². The highest BCUT2D eigenvalue weighted by atomic mass is 16.3. The standard InChI is InChI=1S/C30H37N3O2/c1-23(2)26-13-14-27(30(35)28(21-26)31-15-20-34)22-32-16-18-33(19-17-32)29(24-9-5-3-6-10-24)25-11-7-4-8-12-25/h3-14,21,23,29,34H,15-20,22H2,1-2H3,(H,31,35). The van der Waals surface area contributed by atoms with Gasteiger partial charge in [-0.25, -0.2) is 0 Å². The van der Waals surface area contributed by atoms with Crippen LogP contribution in [0, 0.1) is 0 Å². The first-order valence-corrected chi connectivity index (χ1v) is 12.6. The summed E-state index contributed by atoms with van der Waals surface area (Å²) in [5, 5.41) is 12.4. The van der Waals surface area contributed by atoms with Crippen molar-refractivity contribution in [1.82, 2.24) is 9.80 Å². The van der Waals surface area contributed by atoms with Crippen LogP contribution >= 0.6 is 0 Å². The molecule has 1 aliphatic heterocycles. The maximum Gasteiger partial charge on any atom is 0.206 e. The fourth-order valence-electron chi connectivity index (χ4n) is 4.84. The molecule has 0 unspecified atom stereocenters. The molecular formula is C30H37N3O2. The van der Waals surface area contributed by atoms with Crippen molar-refractivity contribution in [2.24, 2.45) is 0 Å². The van der Waals surface area contributed by atoms with Gasteiger partial charge in [0.1, 0.15) is 0 Å². The molecule has 0 bridgehead atoms. The molecule has 5 nitrogen and oxygen atoms in total. The van der Waals surface area contributed by atoms with Gasteiger partial charge in [0, 0.05) is 44.8 Å². The first kappa shape index (κ1) is 25.1. The molecule has 1 aliphatic rings. The molecule has 0 saturated carbocycles. The van der Waals surface area contributed by atoms with Crippen molar-refractivity contribution in [3.05, 3.63) is 111 Å². The van der Waals surface area contributed by atoms with Crippen LogP contribution in [0.3, 0.4) is 0 Å². The third kappa shape index (κ3) is 6.37. The van der Waals surface area contributed by atoms with E-state index in [0.717, 1.165) is 37.3 Å². The molecule has 0 aromatic heterocycles. The first-order chi connectivity index (χ1) is 17.1. The van der Waals surface area contributed by atoms with Gasteiger partial charge in [0.2, 0.25) is 5.43 Å². The van der Waals surface area contributed by atoms with E-state index >= 15 is 0 Å². The van der Waals surface area contributed by atoms with Gasteiger partial charge in [0.25, 0.3) is 0 Å². The maximum atomic E-state index is 13.3. The number of rotatable bonds is 9. The lowest BCUT2D eigenvalue weighted by Crippen LogP contribution is -2.47. The van der Waals surface area contributed by atoms with E-state index in [1.165, 1.54) is 11.1 Å². The van der Waals surface area contributed by atoms with Crippen LogP contribution in [0.5, 0.6) is 0 Å². The van der Waals surface area contributed by atoms with Crippen LogP contribution in [0.4, 0.5) is 5.69 Å². The van der Waals surface area contributed by atoms with Crippen molar-refractivity contribution in [3.63, 3.8) is 0 Å². The Bertz CT molecular complexity index is 1090. The number of anilines is 1. The largest absolute Gasteiger partial charge is 0.395 e. The van der Waals surface area contributed by atoms with Crippen molar-refractivity contribution >= 4 is 5.69 Å². The second kappa shape index (κ2) is 12.1. The average molecular weight is 472 g/mol. The second-order valence-electron chi connectivity index (χ2n) is 9.59.